The monoisotopic (exact) mass is 485 g/mol. The summed E-state index contributed by atoms with van der Waals surface area (Å²) in [5.41, 5.74) is 0.448. The Balaban J connectivity index is 1.34. The number of rotatable bonds is 8. The highest BCUT2D eigenvalue weighted by molar-refractivity contribution is 6.51. The lowest BCUT2D eigenvalue weighted by Gasteiger charge is -2.41. The van der Waals surface area contributed by atoms with E-state index in [1.807, 2.05) is 13.8 Å². The molecular weight excluding hydrogens is 459 g/mol. The zero-order chi connectivity index (χ0) is 25.1. The van der Waals surface area contributed by atoms with Crippen LogP contribution in [0.1, 0.15) is 37.0 Å². The molecule has 35 heavy (non-hydrogen) atoms. The molecule has 1 unspecified atom stereocenters. The fourth-order valence-corrected chi connectivity index (χ4v) is 4.17. The first-order valence-corrected chi connectivity index (χ1v) is 11.5. The lowest BCUT2D eigenvalue weighted by Crippen LogP contribution is -2.59. The maximum Gasteiger partial charge on any atom is 0.620 e. The number of fused-ring (bicyclic) bond motifs is 1. The Hall–Kier alpha value is -3.63. The van der Waals surface area contributed by atoms with Gasteiger partial charge in [-0.15, -0.1) is 0 Å². The summed E-state index contributed by atoms with van der Waals surface area (Å²) >= 11 is 0. The van der Waals surface area contributed by atoms with Gasteiger partial charge >= 0.3 is 13.1 Å². The fraction of sp³-hybridized carbons (Fsp3) is 0.375. The van der Waals surface area contributed by atoms with Gasteiger partial charge in [0.25, 0.3) is 0 Å². The van der Waals surface area contributed by atoms with Crippen LogP contribution in [0, 0.1) is 17.6 Å². The van der Waals surface area contributed by atoms with Crippen LogP contribution in [-0.2, 0) is 14.2 Å². The number of hydrogen-bond donors (Lipinski definition) is 2. The molecule has 2 amide bonds. The van der Waals surface area contributed by atoms with Crippen molar-refractivity contribution in [1.82, 2.24) is 10.6 Å². The quantitative estimate of drug-likeness (QED) is 0.558. The number of hydrogen-bond acceptors (Lipinski definition) is 6. The normalized spacial score (nSPS) is 17.6. The van der Waals surface area contributed by atoms with Crippen LogP contribution in [-0.4, -0.2) is 50.0 Å². The van der Waals surface area contributed by atoms with Crippen LogP contribution in [0.3, 0.4) is 0 Å². The van der Waals surface area contributed by atoms with E-state index in [4.69, 9.17) is 9.31 Å². The molecule has 2 aliphatic rings. The van der Waals surface area contributed by atoms with E-state index in [9.17, 15) is 23.2 Å². The van der Waals surface area contributed by atoms with Gasteiger partial charge in [-0.1, -0.05) is 26.0 Å². The summed E-state index contributed by atoms with van der Waals surface area (Å²) in [7, 11) is -1.01. The SMILES string of the molecule is CC(C)C[C@H](NC(=O)CNC(=O)C1CCN1c1ccc(F)cc1F)B1OC(=O)c2ccccc2O1. The van der Waals surface area contributed by atoms with Crippen LogP contribution in [0.25, 0.3) is 0 Å². The summed E-state index contributed by atoms with van der Waals surface area (Å²) in [6.07, 6.45) is 0.950. The molecule has 11 heteroatoms. The van der Waals surface area contributed by atoms with Gasteiger partial charge in [-0.05, 0) is 43.0 Å². The maximum absolute atomic E-state index is 14.1. The molecule has 0 aromatic heterocycles. The Labute approximate surface area is 202 Å². The number of anilines is 1. The van der Waals surface area contributed by atoms with Gasteiger partial charge < -0.3 is 24.8 Å². The zero-order valence-corrected chi connectivity index (χ0v) is 19.4. The molecule has 1 fully saturated rings. The highest BCUT2D eigenvalue weighted by Gasteiger charge is 2.42. The van der Waals surface area contributed by atoms with Crippen molar-refractivity contribution in [2.24, 2.45) is 5.92 Å². The number of carbonyl (C=O) groups is 3. The Kier molecular flexibility index (Phi) is 7.23. The lowest BCUT2D eigenvalue weighted by molar-refractivity contribution is -0.127. The number of carbonyl (C=O) groups excluding carboxylic acids is 3. The van der Waals surface area contributed by atoms with Gasteiger partial charge in [-0.25, -0.2) is 13.6 Å². The van der Waals surface area contributed by atoms with Crippen LogP contribution in [0.4, 0.5) is 14.5 Å². The Morgan fingerprint density at radius 1 is 1.17 bits per heavy atom. The molecule has 0 radical (unpaired) electrons. The van der Waals surface area contributed by atoms with Crippen LogP contribution in [0.2, 0.25) is 0 Å². The number of para-hydroxylation sites is 1. The standard InChI is InChI=1S/C24H26BF2N3O5/c1-14(2)11-21(25-34-20-6-4-3-5-16(20)24(33)35-25)29-22(31)13-28-23(32)19-9-10-30(19)18-8-7-15(26)12-17(18)27/h3-8,12,14,19,21H,9-11,13H2,1-2H3,(H,28,32)(H,29,31)/t19?,21-/m0/s1. The third-order valence-electron chi connectivity index (χ3n) is 5.94. The first-order chi connectivity index (χ1) is 16.7. The fourth-order valence-electron chi connectivity index (χ4n) is 4.17. The third-order valence-corrected chi connectivity index (χ3v) is 5.94. The van der Waals surface area contributed by atoms with Crippen molar-refractivity contribution in [3.8, 4) is 5.75 Å². The number of nitrogens with one attached hydrogen (secondary N) is 2. The number of halogens is 2. The number of nitrogens with zero attached hydrogens (tertiary/aromatic N) is 1. The molecular formula is C24H26BF2N3O5. The van der Waals surface area contributed by atoms with Gasteiger partial charge in [0.1, 0.15) is 23.4 Å². The minimum atomic E-state index is -1.01. The van der Waals surface area contributed by atoms with Crippen molar-refractivity contribution in [2.75, 3.05) is 18.0 Å². The molecule has 8 nitrogen and oxygen atoms in total. The number of benzene rings is 2. The van der Waals surface area contributed by atoms with Crippen molar-refractivity contribution in [1.29, 1.82) is 0 Å². The molecule has 2 heterocycles. The van der Waals surface area contributed by atoms with E-state index >= 15 is 0 Å². The molecule has 1 saturated heterocycles. The molecule has 2 N–H and O–H groups in total. The van der Waals surface area contributed by atoms with Crippen molar-refractivity contribution in [3.05, 3.63) is 59.7 Å². The second-order valence-corrected chi connectivity index (χ2v) is 9.00. The average Bonchev–Trinajstić information content (AvgIpc) is 2.78. The van der Waals surface area contributed by atoms with E-state index < -0.39 is 48.5 Å². The van der Waals surface area contributed by atoms with Gasteiger partial charge in [0.15, 0.2) is 0 Å². The van der Waals surface area contributed by atoms with E-state index in [1.165, 1.54) is 11.0 Å². The van der Waals surface area contributed by atoms with Gasteiger partial charge in [-0.2, -0.15) is 0 Å². The molecule has 184 valence electrons. The van der Waals surface area contributed by atoms with Crippen LogP contribution < -0.4 is 20.2 Å². The molecule has 2 atom stereocenters. The van der Waals surface area contributed by atoms with Crippen molar-refractivity contribution >= 4 is 30.6 Å². The molecule has 4 rings (SSSR count). The van der Waals surface area contributed by atoms with Gasteiger partial charge in [-0.3, -0.25) is 9.59 Å². The van der Waals surface area contributed by atoms with Crippen molar-refractivity contribution in [3.63, 3.8) is 0 Å². The zero-order valence-electron chi connectivity index (χ0n) is 19.4. The molecule has 0 aliphatic carbocycles. The first-order valence-electron chi connectivity index (χ1n) is 11.5. The molecule has 0 spiro atoms. The minimum Gasteiger partial charge on any atom is -0.524 e. The van der Waals surface area contributed by atoms with Gasteiger partial charge in [0, 0.05) is 12.6 Å². The van der Waals surface area contributed by atoms with Crippen molar-refractivity contribution in [2.45, 2.75) is 38.7 Å². The summed E-state index contributed by atoms with van der Waals surface area (Å²) in [6.45, 7) is 4.04. The largest absolute Gasteiger partial charge is 0.620 e. The topological polar surface area (TPSA) is 97.0 Å². The van der Waals surface area contributed by atoms with Crippen molar-refractivity contribution < 1.29 is 32.5 Å². The Bertz CT molecular complexity index is 1130. The molecule has 0 saturated carbocycles. The third kappa shape index (κ3) is 5.55. The van der Waals surface area contributed by atoms with E-state index in [-0.39, 0.29) is 18.2 Å². The minimum absolute atomic E-state index is 0.135. The van der Waals surface area contributed by atoms with Crippen LogP contribution in [0.5, 0.6) is 5.75 Å². The summed E-state index contributed by atoms with van der Waals surface area (Å²) in [5.74, 6) is -3.01. The molecule has 2 aromatic rings. The molecule has 0 bridgehead atoms. The van der Waals surface area contributed by atoms with E-state index in [0.29, 0.717) is 30.7 Å². The second kappa shape index (κ2) is 10.3. The lowest BCUT2D eigenvalue weighted by atomic mass is 9.72. The summed E-state index contributed by atoms with van der Waals surface area (Å²) in [5, 5.41) is 5.35. The summed E-state index contributed by atoms with van der Waals surface area (Å²) in [4.78, 5) is 39.1. The highest BCUT2D eigenvalue weighted by Crippen LogP contribution is 2.29. The van der Waals surface area contributed by atoms with Crippen LogP contribution in [0.15, 0.2) is 42.5 Å². The summed E-state index contributed by atoms with van der Waals surface area (Å²) < 4.78 is 38.5. The molecule has 2 aliphatic heterocycles. The molecule has 2 aromatic carbocycles. The average molecular weight is 485 g/mol. The Morgan fingerprint density at radius 2 is 1.94 bits per heavy atom. The van der Waals surface area contributed by atoms with Gasteiger partial charge in [0.2, 0.25) is 11.8 Å². The van der Waals surface area contributed by atoms with E-state index in [1.54, 1.807) is 24.3 Å². The Morgan fingerprint density at radius 3 is 2.63 bits per heavy atom. The highest BCUT2D eigenvalue weighted by atomic mass is 19.1. The smallest absolute Gasteiger partial charge is 0.524 e. The first kappa shape index (κ1) is 24.5. The number of amides is 2. The maximum atomic E-state index is 14.1. The second-order valence-electron chi connectivity index (χ2n) is 9.00. The predicted molar refractivity (Wildman–Crippen MR) is 125 cm³/mol. The van der Waals surface area contributed by atoms with Gasteiger partial charge in [0.05, 0.1) is 23.7 Å². The van der Waals surface area contributed by atoms with E-state index in [2.05, 4.69) is 10.6 Å². The van der Waals surface area contributed by atoms with Crippen LogP contribution >= 0.6 is 0 Å². The summed E-state index contributed by atoms with van der Waals surface area (Å²) in [6, 6.07) is 9.22. The van der Waals surface area contributed by atoms with E-state index in [0.717, 1.165) is 12.1 Å². The predicted octanol–water partition coefficient (Wildman–Crippen LogP) is 2.47.